The van der Waals surface area contributed by atoms with Crippen molar-refractivity contribution in [3.05, 3.63) is 24.3 Å². The number of allylic oxidation sites excluding steroid dienone is 3. The van der Waals surface area contributed by atoms with Crippen molar-refractivity contribution in [1.82, 2.24) is 5.32 Å². The third kappa shape index (κ3) is 41.8. The molecular weight excluding hydrogens is 683 g/mol. The van der Waals surface area contributed by atoms with Crippen LogP contribution in [0.15, 0.2) is 24.3 Å². The molecule has 3 N–H and O–H groups in total. The van der Waals surface area contributed by atoms with Gasteiger partial charge in [-0.1, -0.05) is 199 Å². The average Bonchev–Trinajstić information content (AvgIpc) is 3.18. The largest absolute Gasteiger partial charge is 0.466 e. The molecule has 0 rings (SSSR count). The van der Waals surface area contributed by atoms with Crippen molar-refractivity contribution in [3.63, 3.8) is 0 Å². The van der Waals surface area contributed by atoms with Crippen LogP contribution in [0.3, 0.4) is 0 Å². The van der Waals surface area contributed by atoms with E-state index in [2.05, 4.69) is 31.3 Å². The number of ether oxygens (including phenoxy) is 1. The first kappa shape index (κ1) is 53.3. The van der Waals surface area contributed by atoms with Crippen LogP contribution in [0, 0.1) is 0 Å². The van der Waals surface area contributed by atoms with Gasteiger partial charge < -0.3 is 20.3 Å². The maximum absolute atomic E-state index is 12.4. The number of hydrogen-bond donors (Lipinski definition) is 3. The van der Waals surface area contributed by atoms with Crippen LogP contribution in [-0.2, 0) is 14.3 Å². The topological polar surface area (TPSA) is 95.9 Å². The minimum atomic E-state index is -0.859. The van der Waals surface area contributed by atoms with E-state index in [1.165, 1.54) is 148 Å². The van der Waals surface area contributed by atoms with Gasteiger partial charge in [0.1, 0.15) is 0 Å². The van der Waals surface area contributed by atoms with Gasteiger partial charge in [-0.05, 0) is 64.2 Å². The van der Waals surface area contributed by atoms with Gasteiger partial charge in [0.25, 0.3) is 0 Å². The van der Waals surface area contributed by atoms with Gasteiger partial charge in [0.2, 0.25) is 5.91 Å². The zero-order valence-electron chi connectivity index (χ0n) is 36.7. The first-order chi connectivity index (χ1) is 27.0. The van der Waals surface area contributed by atoms with Crippen LogP contribution in [-0.4, -0.2) is 47.4 Å². The lowest BCUT2D eigenvalue weighted by Crippen LogP contribution is -2.45. The summed E-state index contributed by atoms with van der Waals surface area (Å²) < 4.78 is 5.42. The van der Waals surface area contributed by atoms with Crippen LogP contribution in [0.1, 0.15) is 251 Å². The Morgan fingerprint density at radius 3 is 1.29 bits per heavy atom. The van der Waals surface area contributed by atoms with E-state index >= 15 is 0 Å². The maximum atomic E-state index is 12.4. The van der Waals surface area contributed by atoms with Gasteiger partial charge in [-0.25, -0.2) is 0 Å². The van der Waals surface area contributed by atoms with Gasteiger partial charge in [-0.15, -0.1) is 0 Å². The summed E-state index contributed by atoms with van der Waals surface area (Å²) in [6.45, 7) is 4.83. The molecule has 1 amide bonds. The highest BCUT2D eigenvalue weighted by Crippen LogP contribution is 2.15. The normalized spacial score (nSPS) is 12.9. The smallest absolute Gasteiger partial charge is 0.305 e. The summed E-state index contributed by atoms with van der Waals surface area (Å²) in [6.07, 6.45) is 51.7. The maximum Gasteiger partial charge on any atom is 0.305 e. The Hall–Kier alpha value is -1.66. The van der Waals surface area contributed by atoms with Crippen LogP contribution in [0.4, 0.5) is 0 Å². The van der Waals surface area contributed by atoms with Gasteiger partial charge in [-0.3, -0.25) is 9.59 Å². The number of unbranched alkanes of at least 4 members (excludes halogenated alkanes) is 31. The molecule has 0 aliphatic carbocycles. The van der Waals surface area contributed by atoms with Crippen LogP contribution in [0.25, 0.3) is 0 Å². The van der Waals surface area contributed by atoms with Crippen LogP contribution >= 0.6 is 0 Å². The number of esters is 1. The molecule has 324 valence electrons. The molecule has 0 aliphatic rings. The van der Waals surface area contributed by atoms with Crippen LogP contribution < -0.4 is 5.32 Å². The second-order valence-corrected chi connectivity index (χ2v) is 16.4. The Balaban J connectivity index is 3.56. The molecule has 0 aromatic carbocycles. The minimum Gasteiger partial charge on any atom is -0.466 e. The number of aliphatic hydroxyl groups excluding tert-OH is 2. The van der Waals surface area contributed by atoms with Crippen molar-refractivity contribution in [3.8, 4) is 0 Å². The fourth-order valence-corrected chi connectivity index (χ4v) is 7.21. The molecule has 0 saturated heterocycles. The summed E-state index contributed by atoms with van der Waals surface area (Å²) in [5.41, 5.74) is 0. The molecule has 2 atom stereocenters. The standard InChI is InChI=1S/C49H93NO5/c1-3-5-7-9-11-13-15-16-17-18-22-25-29-33-37-41-47(52)46(45-51)50-48(53)42-38-34-30-26-23-19-20-24-28-32-36-40-44-55-49(54)43-39-35-31-27-21-14-12-10-8-6-4-2/h20,24,37,41,46-47,51-52H,3-19,21-23,25-36,38-40,42-45H2,1-2H3,(H,50,53)/b24-20-,41-37+. The monoisotopic (exact) mass is 776 g/mol. The SMILES string of the molecule is CCCCCCCCCCCCCCC/C=C/C(O)C(CO)NC(=O)CCCCCCC/C=C\CCCCCOC(=O)CCCCCCCCCCCCC. The third-order valence-corrected chi connectivity index (χ3v) is 11.0. The Kier molecular flexibility index (Phi) is 43.7. The lowest BCUT2D eigenvalue weighted by molar-refractivity contribution is -0.143. The van der Waals surface area contributed by atoms with Gasteiger partial charge in [-0.2, -0.15) is 0 Å². The molecule has 0 saturated carbocycles. The van der Waals surface area contributed by atoms with Crippen LogP contribution in [0.2, 0.25) is 0 Å². The van der Waals surface area contributed by atoms with E-state index in [1.54, 1.807) is 6.08 Å². The van der Waals surface area contributed by atoms with Crippen molar-refractivity contribution in [2.45, 2.75) is 264 Å². The highest BCUT2D eigenvalue weighted by Gasteiger charge is 2.18. The summed E-state index contributed by atoms with van der Waals surface area (Å²) >= 11 is 0. The quantitative estimate of drug-likeness (QED) is 0.0325. The Labute approximate surface area is 341 Å². The molecule has 0 aromatic rings. The fourth-order valence-electron chi connectivity index (χ4n) is 7.21. The highest BCUT2D eigenvalue weighted by atomic mass is 16.5. The summed E-state index contributed by atoms with van der Waals surface area (Å²) in [4.78, 5) is 24.4. The molecular formula is C49H93NO5. The van der Waals surface area contributed by atoms with E-state index in [1.807, 2.05) is 6.08 Å². The molecule has 0 radical (unpaired) electrons. The second-order valence-electron chi connectivity index (χ2n) is 16.4. The number of rotatable bonds is 44. The Bertz CT molecular complexity index is 858. The van der Waals surface area contributed by atoms with Crippen molar-refractivity contribution in [1.29, 1.82) is 0 Å². The van der Waals surface area contributed by atoms with Crippen molar-refractivity contribution in [2.24, 2.45) is 0 Å². The molecule has 0 bridgehead atoms. The van der Waals surface area contributed by atoms with E-state index in [9.17, 15) is 19.8 Å². The van der Waals surface area contributed by atoms with E-state index in [-0.39, 0.29) is 18.5 Å². The van der Waals surface area contributed by atoms with Crippen molar-refractivity contribution in [2.75, 3.05) is 13.2 Å². The lowest BCUT2D eigenvalue weighted by Gasteiger charge is -2.20. The number of hydrogen-bond acceptors (Lipinski definition) is 5. The van der Waals surface area contributed by atoms with Gasteiger partial charge in [0.15, 0.2) is 0 Å². The molecule has 0 aromatic heterocycles. The van der Waals surface area contributed by atoms with E-state index in [0.29, 0.717) is 19.4 Å². The second kappa shape index (κ2) is 45.0. The minimum absolute atomic E-state index is 0.0252. The molecule has 0 heterocycles. The average molecular weight is 776 g/mol. The summed E-state index contributed by atoms with van der Waals surface area (Å²) in [6, 6.07) is -0.645. The predicted octanol–water partition coefficient (Wildman–Crippen LogP) is 14.0. The van der Waals surface area contributed by atoms with Gasteiger partial charge >= 0.3 is 5.97 Å². The summed E-state index contributed by atoms with van der Waals surface area (Å²) in [7, 11) is 0. The van der Waals surface area contributed by atoms with Crippen molar-refractivity contribution >= 4 is 11.9 Å². The van der Waals surface area contributed by atoms with Crippen LogP contribution in [0.5, 0.6) is 0 Å². The molecule has 55 heavy (non-hydrogen) atoms. The van der Waals surface area contributed by atoms with Gasteiger partial charge in [0.05, 0.1) is 25.4 Å². The highest BCUT2D eigenvalue weighted by molar-refractivity contribution is 5.76. The zero-order chi connectivity index (χ0) is 40.1. The Morgan fingerprint density at radius 2 is 0.855 bits per heavy atom. The summed E-state index contributed by atoms with van der Waals surface area (Å²) in [5, 5.41) is 23.0. The first-order valence-corrected chi connectivity index (χ1v) is 24.1. The number of carbonyl (C=O) groups is 2. The molecule has 0 spiro atoms. The van der Waals surface area contributed by atoms with E-state index in [4.69, 9.17) is 4.74 Å². The molecule has 6 nitrogen and oxygen atoms in total. The van der Waals surface area contributed by atoms with Gasteiger partial charge in [0, 0.05) is 12.8 Å². The lowest BCUT2D eigenvalue weighted by atomic mass is 10.0. The van der Waals surface area contributed by atoms with E-state index in [0.717, 1.165) is 77.0 Å². The molecule has 0 fully saturated rings. The molecule has 2 unspecified atom stereocenters. The first-order valence-electron chi connectivity index (χ1n) is 24.1. The summed E-state index contributed by atoms with van der Waals surface area (Å²) in [5.74, 6) is -0.119. The number of amides is 1. The third-order valence-electron chi connectivity index (χ3n) is 11.0. The zero-order valence-corrected chi connectivity index (χ0v) is 36.7. The predicted molar refractivity (Wildman–Crippen MR) is 236 cm³/mol. The number of aliphatic hydroxyl groups is 2. The Morgan fingerprint density at radius 1 is 0.491 bits per heavy atom. The molecule has 6 heteroatoms. The number of carbonyl (C=O) groups excluding carboxylic acids is 2. The number of nitrogens with one attached hydrogen (secondary N) is 1. The molecule has 0 aliphatic heterocycles. The van der Waals surface area contributed by atoms with E-state index < -0.39 is 12.1 Å². The fraction of sp³-hybridized carbons (Fsp3) is 0.878. The van der Waals surface area contributed by atoms with Crippen molar-refractivity contribution < 1.29 is 24.5 Å².